The minimum absolute atomic E-state index is 0.0822. The molecule has 150 valence electrons. The van der Waals surface area contributed by atoms with Gasteiger partial charge in [0, 0.05) is 63.6 Å². The number of ketones is 2. The molecule has 1 aromatic heterocycles. The van der Waals surface area contributed by atoms with Crippen LogP contribution in [0, 0.1) is 13.8 Å². The molecule has 0 saturated carbocycles. The molecule has 0 unspecified atom stereocenters. The lowest BCUT2D eigenvalue weighted by molar-refractivity contribution is 0.0870. The molecule has 7 heteroatoms. The van der Waals surface area contributed by atoms with Crippen LogP contribution in [-0.2, 0) is 0 Å². The summed E-state index contributed by atoms with van der Waals surface area (Å²) < 4.78 is 0. The van der Waals surface area contributed by atoms with Crippen molar-refractivity contribution in [3.63, 3.8) is 0 Å². The molecule has 0 amide bonds. The lowest BCUT2D eigenvalue weighted by atomic mass is 10.0. The van der Waals surface area contributed by atoms with Gasteiger partial charge in [-0.05, 0) is 33.5 Å². The third-order valence-corrected chi connectivity index (χ3v) is 5.92. The molecule has 7 nitrogen and oxygen atoms in total. The topological polar surface area (TPSA) is 62.9 Å². The molecule has 2 aliphatic heterocycles. The lowest BCUT2D eigenvalue weighted by Gasteiger charge is -2.31. The second-order valence-electron chi connectivity index (χ2n) is 8.13. The molecule has 1 aromatic rings. The summed E-state index contributed by atoms with van der Waals surface area (Å²) in [7, 11) is 4.22. The van der Waals surface area contributed by atoms with E-state index in [9.17, 15) is 9.59 Å². The Morgan fingerprint density at radius 2 is 1.22 bits per heavy atom. The third kappa shape index (κ3) is 4.85. The fourth-order valence-electron chi connectivity index (χ4n) is 4.02. The minimum Gasteiger partial charge on any atom is -0.355 e. The van der Waals surface area contributed by atoms with Crippen molar-refractivity contribution in [3.05, 3.63) is 22.5 Å². The van der Waals surface area contributed by atoms with Crippen LogP contribution in [0.3, 0.4) is 0 Å². The molecule has 27 heavy (non-hydrogen) atoms. The summed E-state index contributed by atoms with van der Waals surface area (Å²) in [6.07, 6.45) is 0. The Kier molecular flexibility index (Phi) is 6.47. The number of Topliss-reactive ketones (excluding diaryl/α,β-unsaturated/α-hetero) is 2. The maximum atomic E-state index is 12.9. The van der Waals surface area contributed by atoms with Gasteiger partial charge in [0.25, 0.3) is 0 Å². The molecular formula is C20H33N5O2. The molecule has 3 heterocycles. The number of aromatic amines is 1. The first-order valence-corrected chi connectivity index (χ1v) is 9.92. The Bertz CT molecular complexity index is 683. The molecule has 0 aliphatic carbocycles. The molecule has 3 rings (SSSR count). The van der Waals surface area contributed by atoms with E-state index in [0.29, 0.717) is 24.3 Å². The van der Waals surface area contributed by atoms with Crippen molar-refractivity contribution in [2.45, 2.75) is 13.8 Å². The molecule has 2 fully saturated rings. The van der Waals surface area contributed by atoms with Crippen molar-refractivity contribution in [3.8, 4) is 0 Å². The molecule has 0 bridgehead atoms. The number of carbonyl (C=O) groups excluding carboxylic acids is 2. The van der Waals surface area contributed by atoms with Gasteiger partial charge in [-0.15, -0.1) is 0 Å². The molecule has 2 aliphatic rings. The Morgan fingerprint density at radius 1 is 0.778 bits per heavy atom. The lowest BCUT2D eigenvalue weighted by Crippen LogP contribution is -2.46. The summed E-state index contributed by atoms with van der Waals surface area (Å²) in [5.74, 6) is 0.197. The number of hydrogen-bond donors (Lipinski definition) is 1. The highest BCUT2D eigenvalue weighted by molar-refractivity contribution is 6.05. The Labute approximate surface area is 162 Å². The van der Waals surface area contributed by atoms with Crippen molar-refractivity contribution in [1.82, 2.24) is 24.6 Å². The molecule has 1 N–H and O–H groups in total. The van der Waals surface area contributed by atoms with Crippen molar-refractivity contribution in [2.24, 2.45) is 0 Å². The Morgan fingerprint density at radius 3 is 1.70 bits per heavy atom. The number of aryl methyl sites for hydroxylation is 1. The van der Waals surface area contributed by atoms with Crippen LogP contribution in [0.15, 0.2) is 0 Å². The van der Waals surface area contributed by atoms with E-state index in [-0.39, 0.29) is 11.6 Å². The summed E-state index contributed by atoms with van der Waals surface area (Å²) in [6.45, 7) is 12.3. The average Bonchev–Trinajstić information content (AvgIpc) is 2.93. The normalized spacial score (nSPS) is 20.9. The van der Waals surface area contributed by atoms with E-state index in [4.69, 9.17) is 0 Å². The number of carbonyl (C=O) groups is 2. The quantitative estimate of drug-likeness (QED) is 0.731. The maximum Gasteiger partial charge on any atom is 0.193 e. The van der Waals surface area contributed by atoms with E-state index in [2.05, 4.69) is 38.7 Å². The molecule has 0 atom stereocenters. The average molecular weight is 376 g/mol. The van der Waals surface area contributed by atoms with Gasteiger partial charge in [-0.1, -0.05) is 0 Å². The predicted octanol–water partition coefficient (Wildman–Crippen LogP) is 0.492. The van der Waals surface area contributed by atoms with Crippen molar-refractivity contribution >= 4 is 11.6 Å². The standard InChI is InChI=1S/C20H33N5O2/c1-15-19(17(26)13-24-9-5-22(3)6-10-24)16(2)21-20(15)18(27)14-25-11-7-23(4)8-12-25/h21H,5-14H2,1-4H3. The zero-order chi connectivity index (χ0) is 19.6. The number of H-pyrrole nitrogens is 1. The Balaban J connectivity index is 1.64. The van der Waals surface area contributed by atoms with Crippen molar-refractivity contribution in [1.29, 1.82) is 0 Å². The highest BCUT2D eigenvalue weighted by Crippen LogP contribution is 2.20. The number of piperazine rings is 2. The summed E-state index contributed by atoms with van der Waals surface area (Å²) >= 11 is 0. The number of likely N-dealkylation sites (N-methyl/N-ethyl adjacent to an activating group) is 2. The van der Waals surface area contributed by atoms with E-state index in [0.717, 1.165) is 63.6 Å². The second kappa shape index (κ2) is 8.65. The van der Waals surface area contributed by atoms with Crippen molar-refractivity contribution in [2.75, 3.05) is 79.5 Å². The predicted molar refractivity (Wildman–Crippen MR) is 107 cm³/mol. The van der Waals surface area contributed by atoms with Crippen LogP contribution in [0.25, 0.3) is 0 Å². The number of nitrogens with one attached hydrogen (secondary N) is 1. The van der Waals surface area contributed by atoms with Crippen LogP contribution >= 0.6 is 0 Å². The fourth-order valence-corrected chi connectivity index (χ4v) is 4.02. The first kappa shape index (κ1) is 20.2. The number of aromatic nitrogens is 1. The summed E-state index contributed by atoms with van der Waals surface area (Å²) in [5, 5.41) is 0. The first-order valence-electron chi connectivity index (χ1n) is 9.92. The van der Waals surface area contributed by atoms with Crippen LogP contribution in [0.4, 0.5) is 0 Å². The van der Waals surface area contributed by atoms with Gasteiger partial charge in [-0.3, -0.25) is 19.4 Å². The molecule has 0 spiro atoms. The van der Waals surface area contributed by atoms with Gasteiger partial charge in [0.1, 0.15) is 0 Å². The smallest absolute Gasteiger partial charge is 0.193 e. The van der Waals surface area contributed by atoms with Gasteiger partial charge < -0.3 is 14.8 Å². The van der Waals surface area contributed by atoms with Gasteiger partial charge in [-0.25, -0.2) is 0 Å². The molecule has 0 aromatic carbocycles. The fraction of sp³-hybridized carbons (Fsp3) is 0.700. The zero-order valence-corrected chi connectivity index (χ0v) is 17.2. The number of rotatable bonds is 6. The van der Waals surface area contributed by atoms with Gasteiger partial charge in [0.2, 0.25) is 0 Å². The zero-order valence-electron chi connectivity index (χ0n) is 17.2. The maximum absolute atomic E-state index is 12.9. The Hall–Kier alpha value is -1.54. The van der Waals surface area contributed by atoms with E-state index in [1.807, 2.05) is 13.8 Å². The highest BCUT2D eigenvalue weighted by atomic mass is 16.1. The number of hydrogen-bond acceptors (Lipinski definition) is 6. The van der Waals surface area contributed by atoms with Crippen LogP contribution in [0.1, 0.15) is 32.1 Å². The highest BCUT2D eigenvalue weighted by Gasteiger charge is 2.26. The van der Waals surface area contributed by atoms with Gasteiger partial charge >= 0.3 is 0 Å². The minimum atomic E-state index is 0.0822. The second-order valence-corrected chi connectivity index (χ2v) is 8.13. The van der Waals surface area contributed by atoms with Gasteiger partial charge in [0.05, 0.1) is 18.8 Å². The molecular weight excluding hydrogens is 342 g/mol. The summed E-state index contributed by atoms with van der Waals surface area (Å²) in [6, 6.07) is 0. The van der Waals surface area contributed by atoms with Crippen LogP contribution in [-0.4, -0.2) is 116 Å². The van der Waals surface area contributed by atoms with E-state index in [1.165, 1.54) is 0 Å². The first-order chi connectivity index (χ1) is 12.8. The monoisotopic (exact) mass is 375 g/mol. The number of nitrogens with zero attached hydrogens (tertiary/aromatic N) is 4. The van der Waals surface area contributed by atoms with Crippen LogP contribution in [0.5, 0.6) is 0 Å². The van der Waals surface area contributed by atoms with E-state index in [1.54, 1.807) is 0 Å². The van der Waals surface area contributed by atoms with Crippen LogP contribution < -0.4 is 0 Å². The molecule has 2 saturated heterocycles. The summed E-state index contributed by atoms with van der Waals surface area (Å²) in [4.78, 5) is 37.9. The van der Waals surface area contributed by atoms with Crippen LogP contribution in [0.2, 0.25) is 0 Å². The van der Waals surface area contributed by atoms with E-state index < -0.39 is 0 Å². The van der Waals surface area contributed by atoms with Gasteiger partial charge in [0.15, 0.2) is 11.6 Å². The molecule has 0 radical (unpaired) electrons. The summed E-state index contributed by atoms with van der Waals surface area (Å²) in [5.41, 5.74) is 2.93. The van der Waals surface area contributed by atoms with Gasteiger partial charge in [-0.2, -0.15) is 0 Å². The van der Waals surface area contributed by atoms with Crippen molar-refractivity contribution < 1.29 is 9.59 Å². The third-order valence-electron chi connectivity index (χ3n) is 5.92. The largest absolute Gasteiger partial charge is 0.355 e. The SMILES string of the molecule is Cc1[nH]c(C(=O)CN2CCN(C)CC2)c(C)c1C(=O)CN1CCN(C)CC1. The van der Waals surface area contributed by atoms with E-state index >= 15 is 0 Å².